The monoisotopic (exact) mass is 242 g/mol. The van der Waals surface area contributed by atoms with E-state index in [0.717, 1.165) is 30.4 Å². The minimum absolute atomic E-state index is 0.115. The first-order chi connectivity index (χ1) is 8.75. The second kappa shape index (κ2) is 3.45. The minimum Gasteiger partial charge on any atom is -0.345 e. The van der Waals surface area contributed by atoms with Crippen LogP contribution in [0.5, 0.6) is 0 Å². The molecule has 2 aliphatic heterocycles. The summed E-state index contributed by atoms with van der Waals surface area (Å²) in [5.74, 6) is -0.115. The van der Waals surface area contributed by atoms with E-state index in [1.807, 2.05) is 18.3 Å². The molecule has 0 aliphatic carbocycles. The Morgan fingerprint density at radius 2 is 2.17 bits per heavy atom. The molecule has 0 N–H and O–H groups in total. The SMILES string of the molecule is CN1CCC=C2c3ccc(F)c4ccn(c34)C[C@@H]21. The second-order valence-corrected chi connectivity index (χ2v) is 5.27. The first kappa shape index (κ1) is 10.3. The summed E-state index contributed by atoms with van der Waals surface area (Å²) < 4.78 is 16.0. The van der Waals surface area contributed by atoms with Gasteiger partial charge < -0.3 is 4.57 Å². The van der Waals surface area contributed by atoms with Gasteiger partial charge in [0.1, 0.15) is 5.82 Å². The van der Waals surface area contributed by atoms with E-state index in [2.05, 4.69) is 22.6 Å². The van der Waals surface area contributed by atoms with Crippen molar-refractivity contribution in [3.05, 3.63) is 41.9 Å². The molecule has 2 nitrogen and oxygen atoms in total. The van der Waals surface area contributed by atoms with Gasteiger partial charge in [-0.2, -0.15) is 0 Å². The van der Waals surface area contributed by atoms with Crippen LogP contribution in [0, 0.1) is 5.82 Å². The summed E-state index contributed by atoms with van der Waals surface area (Å²) in [5.41, 5.74) is 3.65. The number of rotatable bonds is 0. The molecule has 0 fully saturated rings. The predicted molar refractivity (Wildman–Crippen MR) is 70.9 cm³/mol. The maximum atomic E-state index is 13.8. The molecule has 3 heterocycles. The lowest BCUT2D eigenvalue weighted by Crippen LogP contribution is -2.41. The van der Waals surface area contributed by atoms with Crippen LogP contribution in [0.25, 0.3) is 16.5 Å². The molecule has 92 valence electrons. The number of halogens is 1. The maximum absolute atomic E-state index is 13.8. The zero-order valence-corrected chi connectivity index (χ0v) is 10.4. The summed E-state index contributed by atoms with van der Waals surface area (Å²) in [6.45, 7) is 2.04. The van der Waals surface area contributed by atoms with Crippen LogP contribution in [0.15, 0.2) is 30.5 Å². The van der Waals surface area contributed by atoms with E-state index in [9.17, 15) is 4.39 Å². The van der Waals surface area contributed by atoms with Crippen molar-refractivity contribution in [3.63, 3.8) is 0 Å². The molecule has 3 heteroatoms. The van der Waals surface area contributed by atoms with E-state index in [1.165, 1.54) is 11.1 Å². The molecule has 2 aliphatic rings. The number of hydrogen-bond donors (Lipinski definition) is 0. The number of fused-ring (bicyclic) bond motifs is 2. The normalized spacial score (nSPS) is 23.0. The highest BCUT2D eigenvalue weighted by atomic mass is 19.1. The summed E-state index contributed by atoms with van der Waals surface area (Å²) in [5, 5.41) is 0.750. The van der Waals surface area contributed by atoms with Gasteiger partial charge in [-0.15, -0.1) is 0 Å². The standard InChI is InChI=1S/C15H15FN2/c1-17-7-2-3-10-11-4-5-13(16)12-6-8-18(15(11)12)9-14(10)17/h3-6,8,14H,2,7,9H2,1H3/t14-/m0/s1. The van der Waals surface area contributed by atoms with Crippen molar-refractivity contribution in [1.29, 1.82) is 0 Å². The van der Waals surface area contributed by atoms with Crippen LogP contribution in [0.1, 0.15) is 12.0 Å². The van der Waals surface area contributed by atoms with Gasteiger partial charge >= 0.3 is 0 Å². The third-order valence-electron chi connectivity index (χ3n) is 4.29. The van der Waals surface area contributed by atoms with E-state index in [4.69, 9.17) is 0 Å². The van der Waals surface area contributed by atoms with Gasteiger partial charge in [-0.3, -0.25) is 4.90 Å². The molecule has 1 aromatic carbocycles. The molecule has 4 rings (SSSR count). The minimum atomic E-state index is -0.115. The Hall–Kier alpha value is -1.61. The van der Waals surface area contributed by atoms with Crippen molar-refractivity contribution in [2.24, 2.45) is 0 Å². The number of hydrogen-bond acceptors (Lipinski definition) is 1. The van der Waals surface area contributed by atoms with Crippen LogP contribution in [-0.2, 0) is 6.54 Å². The Bertz CT molecular complexity index is 668. The van der Waals surface area contributed by atoms with E-state index in [0.29, 0.717) is 6.04 Å². The Morgan fingerprint density at radius 3 is 3.06 bits per heavy atom. The molecular weight excluding hydrogens is 227 g/mol. The molecule has 0 spiro atoms. The van der Waals surface area contributed by atoms with Crippen LogP contribution in [-0.4, -0.2) is 29.1 Å². The van der Waals surface area contributed by atoms with Crippen molar-refractivity contribution >= 4 is 16.5 Å². The predicted octanol–water partition coefficient (Wildman–Crippen LogP) is 2.88. The molecule has 1 atom stereocenters. The zero-order chi connectivity index (χ0) is 12.3. The van der Waals surface area contributed by atoms with Crippen molar-refractivity contribution in [2.75, 3.05) is 13.6 Å². The Morgan fingerprint density at radius 1 is 1.28 bits per heavy atom. The van der Waals surface area contributed by atoms with Gasteiger partial charge in [-0.25, -0.2) is 4.39 Å². The van der Waals surface area contributed by atoms with E-state index < -0.39 is 0 Å². The van der Waals surface area contributed by atoms with Gasteiger partial charge in [0.25, 0.3) is 0 Å². The fraction of sp³-hybridized carbons (Fsp3) is 0.333. The van der Waals surface area contributed by atoms with Gasteiger partial charge in [0.2, 0.25) is 0 Å². The van der Waals surface area contributed by atoms with Crippen molar-refractivity contribution in [2.45, 2.75) is 19.0 Å². The molecule has 0 amide bonds. The van der Waals surface area contributed by atoms with Crippen LogP contribution >= 0.6 is 0 Å². The summed E-state index contributed by atoms with van der Waals surface area (Å²) in [7, 11) is 2.17. The van der Waals surface area contributed by atoms with Crippen molar-refractivity contribution in [3.8, 4) is 0 Å². The van der Waals surface area contributed by atoms with Crippen LogP contribution in [0.3, 0.4) is 0 Å². The van der Waals surface area contributed by atoms with Gasteiger partial charge in [-0.05, 0) is 37.2 Å². The smallest absolute Gasteiger partial charge is 0.132 e. The van der Waals surface area contributed by atoms with Gasteiger partial charge in [0, 0.05) is 30.2 Å². The molecule has 18 heavy (non-hydrogen) atoms. The lowest BCUT2D eigenvalue weighted by Gasteiger charge is -2.37. The summed E-state index contributed by atoms with van der Waals surface area (Å²) in [6, 6.07) is 5.87. The molecule has 0 saturated carbocycles. The average molecular weight is 242 g/mol. The number of likely N-dealkylation sites (N-methyl/N-ethyl adjacent to an activating group) is 1. The number of nitrogens with zero attached hydrogens (tertiary/aromatic N) is 2. The van der Waals surface area contributed by atoms with E-state index in [-0.39, 0.29) is 5.82 Å². The lowest BCUT2D eigenvalue weighted by molar-refractivity contribution is 0.260. The third-order valence-corrected chi connectivity index (χ3v) is 4.29. The Labute approximate surface area is 105 Å². The summed E-state index contributed by atoms with van der Waals surface area (Å²) in [6.07, 6.45) is 5.42. The second-order valence-electron chi connectivity index (χ2n) is 5.27. The maximum Gasteiger partial charge on any atom is 0.132 e. The van der Waals surface area contributed by atoms with Crippen LogP contribution < -0.4 is 0 Å². The quantitative estimate of drug-likeness (QED) is 0.689. The topological polar surface area (TPSA) is 8.17 Å². The first-order valence-corrected chi connectivity index (χ1v) is 6.44. The summed E-state index contributed by atoms with van der Waals surface area (Å²) in [4.78, 5) is 2.40. The Kier molecular flexibility index (Phi) is 1.98. The van der Waals surface area contributed by atoms with Crippen molar-refractivity contribution < 1.29 is 4.39 Å². The molecule has 0 unspecified atom stereocenters. The average Bonchev–Trinajstić information content (AvgIpc) is 2.79. The van der Waals surface area contributed by atoms with Gasteiger partial charge in [-0.1, -0.05) is 6.08 Å². The fourth-order valence-corrected chi connectivity index (χ4v) is 3.34. The molecule has 2 aromatic rings. The first-order valence-electron chi connectivity index (χ1n) is 6.44. The van der Waals surface area contributed by atoms with Gasteiger partial charge in [0.15, 0.2) is 0 Å². The highest BCUT2D eigenvalue weighted by Crippen LogP contribution is 2.37. The number of aromatic nitrogens is 1. The molecule has 0 bridgehead atoms. The van der Waals surface area contributed by atoms with E-state index in [1.54, 1.807) is 6.07 Å². The van der Waals surface area contributed by atoms with Crippen LogP contribution in [0.2, 0.25) is 0 Å². The van der Waals surface area contributed by atoms with Gasteiger partial charge in [0.05, 0.1) is 11.6 Å². The summed E-state index contributed by atoms with van der Waals surface area (Å²) >= 11 is 0. The third kappa shape index (κ3) is 1.20. The highest BCUT2D eigenvalue weighted by molar-refractivity contribution is 5.95. The zero-order valence-electron chi connectivity index (χ0n) is 10.4. The molecule has 0 saturated heterocycles. The molecule has 1 aromatic heterocycles. The molecular formula is C15H15FN2. The molecule has 0 radical (unpaired) electrons. The lowest BCUT2D eigenvalue weighted by atomic mass is 9.89. The number of benzene rings is 1. The van der Waals surface area contributed by atoms with E-state index >= 15 is 0 Å². The largest absolute Gasteiger partial charge is 0.345 e. The fourth-order valence-electron chi connectivity index (χ4n) is 3.34. The Balaban J connectivity index is 2.04. The van der Waals surface area contributed by atoms with Crippen molar-refractivity contribution in [1.82, 2.24) is 9.47 Å². The highest BCUT2D eigenvalue weighted by Gasteiger charge is 2.30. The van der Waals surface area contributed by atoms with Crippen LogP contribution in [0.4, 0.5) is 4.39 Å².